The molecule has 1 saturated carbocycles. The molecule has 0 saturated heterocycles. The van der Waals surface area contributed by atoms with Crippen molar-refractivity contribution >= 4 is 22.5 Å². The third-order valence-electron chi connectivity index (χ3n) is 6.20. The van der Waals surface area contributed by atoms with E-state index in [2.05, 4.69) is 34.1 Å². The molecule has 7 nitrogen and oxygen atoms in total. The number of hydrogen-bond acceptors (Lipinski definition) is 7. The molecule has 1 rings (SSSR count). The maximum atomic E-state index is 12.7. The predicted molar refractivity (Wildman–Crippen MR) is 123 cm³/mol. The number of unbranched alkanes of at least 4 members (excludes halogenated alkanes) is 2. The van der Waals surface area contributed by atoms with E-state index in [1.807, 2.05) is 0 Å². The van der Waals surface area contributed by atoms with Crippen molar-refractivity contribution in [2.45, 2.75) is 98.3 Å². The van der Waals surface area contributed by atoms with Crippen LogP contribution >= 0.6 is 0 Å². The van der Waals surface area contributed by atoms with Gasteiger partial charge in [-0.05, 0) is 24.7 Å². The van der Waals surface area contributed by atoms with Crippen LogP contribution in [0, 0.1) is 30.1 Å². The molecule has 4 unspecified atom stereocenters. The van der Waals surface area contributed by atoms with Crippen molar-refractivity contribution in [3.05, 3.63) is 6.42 Å². The molecule has 0 bridgehead atoms. The molecule has 33 heavy (non-hydrogen) atoms. The van der Waals surface area contributed by atoms with E-state index in [1.165, 1.54) is 12.8 Å². The molecule has 1 fully saturated rings. The van der Waals surface area contributed by atoms with E-state index < -0.39 is 10.6 Å². The van der Waals surface area contributed by atoms with Gasteiger partial charge in [0.15, 0.2) is 0 Å². The van der Waals surface area contributed by atoms with Crippen molar-refractivity contribution < 1.29 is 61.2 Å². The molecule has 0 aromatic rings. The fraction of sp³-hybridized carbons (Fsp3) is 0.875. The number of hydrogen-bond donors (Lipinski definition) is 0. The van der Waals surface area contributed by atoms with E-state index in [4.69, 9.17) is 22.1 Å². The van der Waals surface area contributed by atoms with Crippen LogP contribution < -0.4 is 29.6 Å². The zero-order valence-corrected chi connectivity index (χ0v) is 24.2. The Kier molecular flexibility index (Phi) is 23.2. The summed E-state index contributed by atoms with van der Waals surface area (Å²) in [5.41, 5.74) is 0. The van der Waals surface area contributed by atoms with Crippen LogP contribution in [0.15, 0.2) is 0 Å². The summed E-state index contributed by atoms with van der Waals surface area (Å²) in [7, 11) is -3.11. The molecule has 0 aliphatic heterocycles. The van der Waals surface area contributed by atoms with Crippen molar-refractivity contribution in [2.24, 2.45) is 23.7 Å². The second-order valence-corrected chi connectivity index (χ2v) is 9.02. The maximum Gasteiger partial charge on any atom is 1.00 e. The molecule has 0 amide bonds. The molecule has 188 valence electrons. The Bertz CT molecular complexity index is 577. The first kappa shape index (κ1) is 34.7. The molecule has 0 heterocycles. The van der Waals surface area contributed by atoms with Crippen LogP contribution in [0.5, 0.6) is 0 Å². The SMILES string of the molecule is CCCCC(CC)COC(=O)C1C[CH-]CCC1C(=O)OCC(CC)CCCC.O=S(=O)=O.[Na+]. The Morgan fingerprint density at radius 1 is 0.848 bits per heavy atom. The first-order valence-electron chi connectivity index (χ1n) is 12.2. The van der Waals surface area contributed by atoms with Gasteiger partial charge >= 0.3 is 52.1 Å². The third-order valence-corrected chi connectivity index (χ3v) is 6.20. The van der Waals surface area contributed by atoms with Gasteiger partial charge in [0.05, 0.1) is 19.1 Å². The summed E-state index contributed by atoms with van der Waals surface area (Å²) < 4.78 is 36.6. The normalized spacial score (nSPS) is 19.2. The monoisotopic (exact) mass is 498 g/mol. The van der Waals surface area contributed by atoms with Gasteiger partial charge in [-0.25, -0.2) is 0 Å². The van der Waals surface area contributed by atoms with Gasteiger partial charge in [-0.2, -0.15) is 12.8 Å². The average molecular weight is 499 g/mol. The summed E-state index contributed by atoms with van der Waals surface area (Å²) in [6, 6.07) is 0. The van der Waals surface area contributed by atoms with Crippen LogP contribution in [0.4, 0.5) is 0 Å². The van der Waals surface area contributed by atoms with Gasteiger partial charge in [0.25, 0.3) is 0 Å². The molecule has 4 atom stereocenters. The van der Waals surface area contributed by atoms with Gasteiger partial charge in [-0.3, -0.25) is 9.59 Å². The number of ether oxygens (including phenoxy) is 2. The first-order valence-corrected chi connectivity index (χ1v) is 13.2. The summed E-state index contributed by atoms with van der Waals surface area (Å²) in [5.74, 6) is -0.300. The first-order chi connectivity index (χ1) is 15.3. The minimum Gasteiger partial charge on any atom is -0.465 e. The van der Waals surface area contributed by atoms with Gasteiger partial charge in [0.2, 0.25) is 0 Å². The van der Waals surface area contributed by atoms with Gasteiger partial charge < -0.3 is 15.9 Å². The molecule has 0 radical (unpaired) electrons. The van der Waals surface area contributed by atoms with Crippen LogP contribution in [0.3, 0.4) is 0 Å². The smallest absolute Gasteiger partial charge is 0.465 e. The quantitative estimate of drug-likeness (QED) is 0.205. The van der Waals surface area contributed by atoms with Crippen molar-refractivity contribution in [1.29, 1.82) is 0 Å². The number of rotatable bonds is 14. The second-order valence-electron chi connectivity index (χ2n) is 8.61. The molecule has 0 aromatic carbocycles. The van der Waals surface area contributed by atoms with Crippen LogP contribution in [-0.2, 0) is 29.7 Å². The van der Waals surface area contributed by atoms with Crippen molar-refractivity contribution in [1.82, 2.24) is 0 Å². The van der Waals surface area contributed by atoms with Gasteiger partial charge in [-0.1, -0.05) is 72.6 Å². The molecule has 9 heteroatoms. The third kappa shape index (κ3) is 16.8. The predicted octanol–water partition coefficient (Wildman–Crippen LogP) is 2.13. The molecule has 0 N–H and O–H groups in total. The molecule has 1 aliphatic carbocycles. The van der Waals surface area contributed by atoms with E-state index in [0.29, 0.717) is 37.9 Å². The minimum atomic E-state index is -3.11. The summed E-state index contributed by atoms with van der Waals surface area (Å²) in [4.78, 5) is 25.4. The Hall–Kier alpha value is -0.440. The number of esters is 2. The largest absolute Gasteiger partial charge is 1.00 e. The second kappa shape index (κ2) is 22.1. The summed E-state index contributed by atoms with van der Waals surface area (Å²) in [6.07, 6.45) is 13.2. The zero-order chi connectivity index (χ0) is 24.4. The van der Waals surface area contributed by atoms with Crippen molar-refractivity contribution in [3.63, 3.8) is 0 Å². The van der Waals surface area contributed by atoms with Gasteiger partial charge in [0, 0.05) is 5.92 Å². The summed E-state index contributed by atoms with van der Waals surface area (Å²) in [5, 5.41) is 0. The number of carbonyl (C=O) groups is 2. The topological polar surface area (TPSA) is 104 Å². The van der Waals surface area contributed by atoms with E-state index in [1.54, 1.807) is 0 Å². The van der Waals surface area contributed by atoms with Gasteiger partial charge in [0.1, 0.15) is 0 Å². The summed E-state index contributed by atoms with van der Waals surface area (Å²) in [6.45, 7) is 9.60. The maximum absolute atomic E-state index is 12.7. The zero-order valence-electron chi connectivity index (χ0n) is 21.3. The fourth-order valence-corrected chi connectivity index (χ4v) is 3.91. The molecule has 1 aliphatic rings. The van der Waals surface area contributed by atoms with Crippen molar-refractivity contribution in [3.8, 4) is 0 Å². The summed E-state index contributed by atoms with van der Waals surface area (Å²) >= 11 is 0. The van der Waals surface area contributed by atoms with E-state index in [0.717, 1.165) is 44.9 Å². The average Bonchev–Trinajstić information content (AvgIpc) is 2.78. The van der Waals surface area contributed by atoms with Crippen LogP contribution in [-0.4, -0.2) is 37.8 Å². The molecule has 0 spiro atoms. The Morgan fingerprint density at radius 2 is 1.27 bits per heavy atom. The molecule has 0 aromatic heterocycles. The molecular formula is C24H43NaO7S. The standard InChI is InChI=1S/C24H43O4.Na.O3S/c1-5-9-13-19(7-3)17-27-23(25)21-15-11-12-16-22(21)24(26)28-18-20(8-4)14-10-6-2;;1-4(2)3/h11,19-22H,5-10,12-18H2,1-4H3;;/q-1;+1;. The van der Waals surface area contributed by atoms with Crippen LogP contribution in [0.1, 0.15) is 98.3 Å². The van der Waals surface area contributed by atoms with Crippen LogP contribution in [0.25, 0.3) is 0 Å². The van der Waals surface area contributed by atoms with Crippen molar-refractivity contribution in [2.75, 3.05) is 13.2 Å². The van der Waals surface area contributed by atoms with E-state index in [9.17, 15) is 9.59 Å². The fourth-order valence-electron chi connectivity index (χ4n) is 3.91. The Morgan fingerprint density at radius 3 is 1.67 bits per heavy atom. The molecular weight excluding hydrogens is 455 g/mol. The van der Waals surface area contributed by atoms with Gasteiger partial charge in [-0.15, -0.1) is 12.6 Å². The van der Waals surface area contributed by atoms with E-state index in [-0.39, 0.29) is 53.3 Å². The Balaban J connectivity index is 0. The minimum absolute atomic E-state index is 0. The number of carbonyl (C=O) groups excluding carboxylic acids is 2. The van der Waals surface area contributed by atoms with Crippen LogP contribution in [0.2, 0.25) is 0 Å². The van der Waals surface area contributed by atoms with E-state index >= 15 is 0 Å². The Labute approximate surface area is 224 Å².